The van der Waals surface area contributed by atoms with Crippen LogP contribution in [0.15, 0.2) is 60.8 Å². The normalized spacial score (nSPS) is 14.7. The third-order valence-electron chi connectivity index (χ3n) is 11.0. The minimum absolute atomic E-state index is 0.0107. The Bertz CT molecular complexity index is 1180. The van der Waals surface area contributed by atoms with Crippen molar-refractivity contribution in [2.24, 2.45) is 0 Å². The highest BCUT2D eigenvalue weighted by Gasteiger charge is 2.23. The molecular formula is C52H97N2O6P. The first-order valence-corrected chi connectivity index (χ1v) is 26.6. The lowest BCUT2D eigenvalue weighted by Crippen LogP contribution is -2.45. The summed E-state index contributed by atoms with van der Waals surface area (Å²) in [6.45, 7) is 4.51. The Morgan fingerprint density at radius 2 is 1.02 bits per heavy atom. The molecule has 0 rings (SSSR count). The lowest BCUT2D eigenvalue weighted by Gasteiger charge is -2.29. The number of hydrogen-bond donors (Lipinski definition) is 2. The molecule has 9 heteroatoms. The maximum atomic E-state index is 12.9. The van der Waals surface area contributed by atoms with Crippen molar-refractivity contribution in [3.05, 3.63) is 60.8 Å². The van der Waals surface area contributed by atoms with Gasteiger partial charge in [-0.15, -0.1) is 0 Å². The number of carbonyl (C=O) groups is 1. The number of phosphoric ester groups is 1. The number of nitrogens with zero attached hydrogens (tertiary/aromatic N) is 1. The summed E-state index contributed by atoms with van der Waals surface area (Å²) < 4.78 is 23.2. The standard InChI is InChI=1S/C52H97N2O6P/c1-6-8-10-12-14-16-18-20-22-24-25-26-27-28-30-31-33-35-37-39-41-43-45-51(55)50(49-60-61(57,58)59-48-47-54(3,4)5)53-52(56)46-44-42-40-38-36-34-32-29-23-21-19-17-15-13-11-9-7-2/h9,11,15,17,21,23,35,37,43,45,50-51,55H,6-8,10,12-14,16,18-20,22,24-34,36,38-42,44,46-49H2,1-5H3,(H-,53,56,57,58)/b11-9-,17-15-,23-21-,37-35+,45-43+. The zero-order chi connectivity index (χ0) is 45.0. The molecule has 61 heavy (non-hydrogen) atoms. The zero-order valence-electron chi connectivity index (χ0n) is 40.4. The van der Waals surface area contributed by atoms with Crippen molar-refractivity contribution >= 4 is 13.7 Å². The van der Waals surface area contributed by atoms with Gasteiger partial charge >= 0.3 is 0 Å². The van der Waals surface area contributed by atoms with Crippen LogP contribution >= 0.6 is 7.82 Å². The number of carbonyl (C=O) groups excluding carboxylic acids is 1. The average Bonchev–Trinajstić information content (AvgIpc) is 3.21. The summed E-state index contributed by atoms with van der Waals surface area (Å²) in [7, 11) is 1.23. The van der Waals surface area contributed by atoms with Crippen LogP contribution in [0.25, 0.3) is 0 Å². The summed E-state index contributed by atoms with van der Waals surface area (Å²) >= 11 is 0. The Hall–Kier alpha value is -1.80. The SMILES string of the molecule is CC/C=C\C/C=C\C/C=C\CCCCCCCCCC(=O)NC(COP(=O)([O-])OCC[N+](C)(C)C)C(O)/C=C/CC/C=C/CCCCCCCCCCCCCCCCCC. The van der Waals surface area contributed by atoms with E-state index in [1.165, 1.54) is 122 Å². The molecule has 0 saturated heterocycles. The fourth-order valence-corrected chi connectivity index (χ4v) is 7.73. The van der Waals surface area contributed by atoms with E-state index in [9.17, 15) is 19.4 Å². The summed E-state index contributed by atoms with van der Waals surface area (Å²) in [5.74, 6) is -0.219. The number of quaternary nitrogens is 1. The highest BCUT2D eigenvalue weighted by Crippen LogP contribution is 2.38. The Morgan fingerprint density at radius 1 is 0.590 bits per heavy atom. The molecule has 0 heterocycles. The van der Waals surface area contributed by atoms with Gasteiger partial charge in [-0.2, -0.15) is 0 Å². The highest BCUT2D eigenvalue weighted by atomic mass is 31.2. The van der Waals surface area contributed by atoms with Crippen LogP contribution in [0.5, 0.6) is 0 Å². The number of unbranched alkanes of at least 4 members (excludes halogenated alkanes) is 24. The number of rotatable bonds is 45. The summed E-state index contributed by atoms with van der Waals surface area (Å²) in [5.41, 5.74) is 0. The molecule has 0 aliphatic heterocycles. The fourth-order valence-electron chi connectivity index (χ4n) is 7.01. The van der Waals surface area contributed by atoms with Crippen LogP contribution in [0.1, 0.15) is 213 Å². The second-order valence-electron chi connectivity index (χ2n) is 18.1. The smallest absolute Gasteiger partial charge is 0.268 e. The molecular weight excluding hydrogens is 780 g/mol. The number of aliphatic hydroxyl groups is 1. The quantitative estimate of drug-likeness (QED) is 0.0273. The van der Waals surface area contributed by atoms with Gasteiger partial charge in [0.05, 0.1) is 39.9 Å². The van der Waals surface area contributed by atoms with Gasteiger partial charge in [0.1, 0.15) is 13.2 Å². The number of phosphoric acid groups is 1. The van der Waals surface area contributed by atoms with Gasteiger partial charge in [0, 0.05) is 6.42 Å². The molecule has 2 N–H and O–H groups in total. The first-order chi connectivity index (χ1) is 29.5. The third kappa shape index (κ3) is 46.0. The van der Waals surface area contributed by atoms with Crippen molar-refractivity contribution in [3.8, 4) is 0 Å². The predicted molar refractivity (Wildman–Crippen MR) is 261 cm³/mol. The van der Waals surface area contributed by atoms with Gasteiger partial charge < -0.3 is 28.8 Å². The molecule has 0 bridgehead atoms. The number of allylic oxidation sites excluding steroid dienone is 9. The van der Waals surface area contributed by atoms with E-state index >= 15 is 0 Å². The zero-order valence-corrected chi connectivity index (χ0v) is 41.2. The number of amides is 1. The molecule has 3 unspecified atom stereocenters. The second kappa shape index (κ2) is 43.5. The molecule has 0 aromatic rings. The van der Waals surface area contributed by atoms with Gasteiger partial charge in [-0.05, 0) is 64.2 Å². The molecule has 0 aromatic heterocycles. The first-order valence-electron chi connectivity index (χ1n) is 25.2. The monoisotopic (exact) mass is 877 g/mol. The molecule has 0 radical (unpaired) electrons. The summed E-state index contributed by atoms with van der Waals surface area (Å²) in [6, 6.07) is -0.911. The Kier molecular flexibility index (Phi) is 42.2. The van der Waals surface area contributed by atoms with Crippen molar-refractivity contribution < 1.29 is 32.9 Å². The largest absolute Gasteiger partial charge is 0.756 e. The van der Waals surface area contributed by atoms with Gasteiger partial charge in [-0.3, -0.25) is 9.36 Å². The molecule has 0 aliphatic carbocycles. The predicted octanol–water partition coefficient (Wildman–Crippen LogP) is 14.0. The summed E-state index contributed by atoms with van der Waals surface area (Å²) in [4.78, 5) is 25.4. The van der Waals surface area contributed by atoms with Crippen LogP contribution in [0.4, 0.5) is 0 Å². The van der Waals surface area contributed by atoms with Crippen molar-refractivity contribution in [1.82, 2.24) is 5.32 Å². The number of likely N-dealkylation sites (N-methyl/N-ethyl adjacent to an activating group) is 1. The highest BCUT2D eigenvalue weighted by molar-refractivity contribution is 7.45. The van der Waals surface area contributed by atoms with E-state index < -0.39 is 26.6 Å². The topological polar surface area (TPSA) is 108 Å². The lowest BCUT2D eigenvalue weighted by molar-refractivity contribution is -0.870. The van der Waals surface area contributed by atoms with E-state index in [4.69, 9.17) is 9.05 Å². The van der Waals surface area contributed by atoms with E-state index in [0.717, 1.165) is 70.6 Å². The van der Waals surface area contributed by atoms with Crippen LogP contribution in [0.3, 0.4) is 0 Å². The molecule has 1 amide bonds. The van der Waals surface area contributed by atoms with Crippen LogP contribution in [0, 0.1) is 0 Å². The summed E-state index contributed by atoms with van der Waals surface area (Å²) in [5, 5.41) is 13.8. The lowest BCUT2D eigenvalue weighted by atomic mass is 10.0. The second-order valence-corrected chi connectivity index (χ2v) is 19.5. The van der Waals surface area contributed by atoms with E-state index in [0.29, 0.717) is 17.4 Å². The minimum Gasteiger partial charge on any atom is -0.756 e. The van der Waals surface area contributed by atoms with Gasteiger partial charge in [-0.25, -0.2) is 0 Å². The van der Waals surface area contributed by atoms with Crippen molar-refractivity contribution in [2.45, 2.75) is 225 Å². The molecule has 8 nitrogen and oxygen atoms in total. The van der Waals surface area contributed by atoms with E-state index in [1.54, 1.807) is 6.08 Å². The van der Waals surface area contributed by atoms with E-state index in [-0.39, 0.29) is 12.5 Å². The van der Waals surface area contributed by atoms with Crippen molar-refractivity contribution in [2.75, 3.05) is 40.9 Å². The van der Waals surface area contributed by atoms with Crippen LogP contribution in [0.2, 0.25) is 0 Å². The maximum absolute atomic E-state index is 12.9. The number of nitrogens with one attached hydrogen (secondary N) is 1. The van der Waals surface area contributed by atoms with Crippen LogP contribution in [-0.4, -0.2) is 68.5 Å². The van der Waals surface area contributed by atoms with Crippen LogP contribution < -0.4 is 10.2 Å². The molecule has 0 spiro atoms. The minimum atomic E-state index is -4.61. The van der Waals surface area contributed by atoms with Crippen LogP contribution in [-0.2, 0) is 18.4 Å². The fraction of sp³-hybridized carbons (Fsp3) is 0.788. The maximum Gasteiger partial charge on any atom is 0.268 e. The third-order valence-corrected chi connectivity index (χ3v) is 11.9. The molecule has 0 aromatic carbocycles. The molecule has 356 valence electrons. The Balaban J connectivity index is 4.38. The summed E-state index contributed by atoms with van der Waals surface area (Å²) in [6.07, 6.45) is 57.1. The van der Waals surface area contributed by atoms with Crippen molar-refractivity contribution in [1.29, 1.82) is 0 Å². The molecule has 0 fully saturated rings. The van der Waals surface area contributed by atoms with E-state index in [1.807, 2.05) is 27.2 Å². The average molecular weight is 877 g/mol. The molecule has 0 aliphatic rings. The number of hydrogen-bond acceptors (Lipinski definition) is 6. The van der Waals surface area contributed by atoms with Gasteiger partial charge in [0.25, 0.3) is 7.82 Å². The van der Waals surface area contributed by atoms with Gasteiger partial charge in [0.2, 0.25) is 5.91 Å². The van der Waals surface area contributed by atoms with Gasteiger partial charge in [0.15, 0.2) is 0 Å². The Morgan fingerprint density at radius 3 is 1.52 bits per heavy atom. The molecule has 0 saturated carbocycles. The first kappa shape index (κ1) is 59.2. The van der Waals surface area contributed by atoms with Crippen molar-refractivity contribution in [3.63, 3.8) is 0 Å². The van der Waals surface area contributed by atoms with E-state index in [2.05, 4.69) is 67.8 Å². The molecule has 3 atom stereocenters. The number of aliphatic hydroxyl groups excluding tert-OH is 1. The van der Waals surface area contributed by atoms with Gasteiger partial charge in [-0.1, -0.05) is 203 Å². The Labute approximate surface area is 377 Å².